The summed E-state index contributed by atoms with van der Waals surface area (Å²) in [5.41, 5.74) is 0.0291. The van der Waals surface area contributed by atoms with E-state index in [0.717, 1.165) is 6.07 Å². The zero-order chi connectivity index (χ0) is 10.7. The van der Waals surface area contributed by atoms with Crippen LogP contribution in [-0.4, -0.2) is 11.1 Å². The third kappa shape index (κ3) is 2.07. The molecule has 1 unspecified atom stereocenters. The molecule has 0 spiro atoms. The predicted octanol–water partition coefficient (Wildman–Crippen LogP) is 2.54. The number of hydrogen-bond acceptors (Lipinski definition) is 1. The second-order valence-corrected chi connectivity index (χ2v) is 2.96. The summed E-state index contributed by atoms with van der Waals surface area (Å²) < 4.78 is 25.7. The highest BCUT2D eigenvalue weighted by molar-refractivity contribution is 5.76. The summed E-state index contributed by atoms with van der Waals surface area (Å²) in [5.74, 6) is -3.51. The highest BCUT2D eigenvalue weighted by Gasteiger charge is 2.21. The van der Waals surface area contributed by atoms with Gasteiger partial charge in [0.1, 0.15) is 11.6 Å². The van der Waals surface area contributed by atoms with Crippen LogP contribution < -0.4 is 0 Å². The zero-order valence-corrected chi connectivity index (χ0v) is 7.63. The first-order valence-corrected chi connectivity index (χ1v) is 4.24. The van der Waals surface area contributed by atoms with Crippen LogP contribution in [0.5, 0.6) is 0 Å². The first kappa shape index (κ1) is 10.6. The Kier molecular flexibility index (Phi) is 3.17. The zero-order valence-electron chi connectivity index (χ0n) is 7.63. The van der Waals surface area contributed by atoms with Crippen molar-refractivity contribution >= 4 is 5.97 Å². The van der Waals surface area contributed by atoms with Gasteiger partial charge in [-0.15, -0.1) is 0 Å². The van der Waals surface area contributed by atoms with Gasteiger partial charge in [0.25, 0.3) is 0 Å². The molecule has 0 amide bonds. The van der Waals surface area contributed by atoms with Gasteiger partial charge >= 0.3 is 5.97 Å². The molecular formula is C10H10F2O2. The quantitative estimate of drug-likeness (QED) is 0.814. The second kappa shape index (κ2) is 4.17. The fraction of sp³-hybridized carbons (Fsp3) is 0.300. The van der Waals surface area contributed by atoms with Crippen molar-refractivity contribution in [2.45, 2.75) is 19.3 Å². The van der Waals surface area contributed by atoms with E-state index in [1.165, 1.54) is 6.07 Å². The lowest BCUT2D eigenvalue weighted by molar-refractivity contribution is -0.138. The number of halogens is 2. The second-order valence-electron chi connectivity index (χ2n) is 2.96. The highest BCUT2D eigenvalue weighted by Crippen LogP contribution is 2.23. The van der Waals surface area contributed by atoms with Gasteiger partial charge in [0, 0.05) is 11.6 Å². The molecule has 0 aliphatic heterocycles. The lowest BCUT2D eigenvalue weighted by atomic mass is 9.96. The van der Waals surface area contributed by atoms with Crippen molar-refractivity contribution in [2.75, 3.05) is 0 Å². The number of hydrogen-bond donors (Lipinski definition) is 1. The van der Waals surface area contributed by atoms with Gasteiger partial charge in [0.2, 0.25) is 0 Å². The molecule has 1 N–H and O–H groups in total. The third-order valence-corrected chi connectivity index (χ3v) is 2.04. The minimum atomic E-state index is -1.10. The molecule has 1 aromatic rings. The Morgan fingerprint density at radius 3 is 2.57 bits per heavy atom. The minimum Gasteiger partial charge on any atom is -0.481 e. The average molecular weight is 200 g/mol. The van der Waals surface area contributed by atoms with Gasteiger partial charge in [-0.2, -0.15) is 0 Å². The Balaban J connectivity index is 3.10. The SMILES string of the molecule is CCC(C(=O)O)c1ccc(F)cc1F. The number of carboxylic acid groups (broad SMARTS) is 1. The molecule has 0 heterocycles. The van der Waals surface area contributed by atoms with Crippen LogP contribution in [0.2, 0.25) is 0 Å². The van der Waals surface area contributed by atoms with E-state index in [4.69, 9.17) is 5.11 Å². The van der Waals surface area contributed by atoms with Crippen molar-refractivity contribution in [1.29, 1.82) is 0 Å². The van der Waals surface area contributed by atoms with Crippen molar-refractivity contribution in [3.05, 3.63) is 35.4 Å². The molecule has 0 bridgehead atoms. The van der Waals surface area contributed by atoms with E-state index in [2.05, 4.69) is 0 Å². The molecule has 0 aliphatic carbocycles. The Bertz CT molecular complexity index is 350. The summed E-state index contributed by atoms with van der Waals surface area (Å²) in [4.78, 5) is 10.7. The van der Waals surface area contributed by atoms with Crippen LogP contribution in [0.25, 0.3) is 0 Å². The average Bonchev–Trinajstić information content (AvgIpc) is 2.09. The molecular weight excluding hydrogens is 190 g/mol. The van der Waals surface area contributed by atoms with E-state index in [-0.39, 0.29) is 12.0 Å². The van der Waals surface area contributed by atoms with Gasteiger partial charge in [0.05, 0.1) is 5.92 Å². The molecule has 0 aromatic heterocycles. The smallest absolute Gasteiger partial charge is 0.311 e. The van der Waals surface area contributed by atoms with Crippen molar-refractivity contribution in [3.63, 3.8) is 0 Å². The molecule has 0 saturated carbocycles. The van der Waals surface area contributed by atoms with E-state index in [1.54, 1.807) is 6.92 Å². The Morgan fingerprint density at radius 1 is 1.50 bits per heavy atom. The molecule has 1 aromatic carbocycles. The Morgan fingerprint density at radius 2 is 2.14 bits per heavy atom. The van der Waals surface area contributed by atoms with E-state index in [9.17, 15) is 13.6 Å². The number of carbonyl (C=O) groups is 1. The molecule has 2 nitrogen and oxygen atoms in total. The van der Waals surface area contributed by atoms with E-state index in [0.29, 0.717) is 6.07 Å². The van der Waals surface area contributed by atoms with Crippen LogP contribution in [0.4, 0.5) is 8.78 Å². The standard InChI is InChI=1S/C10H10F2O2/c1-2-7(10(13)14)8-4-3-6(11)5-9(8)12/h3-5,7H,2H2,1H3,(H,13,14). The van der Waals surface area contributed by atoms with Crippen LogP contribution in [-0.2, 0) is 4.79 Å². The first-order chi connectivity index (χ1) is 6.56. The molecule has 0 aliphatic rings. The summed E-state index contributed by atoms with van der Waals surface area (Å²) in [6, 6.07) is 2.93. The predicted molar refractivity (Wildman–Crippen MR) is 47.0 cm³/mol. The van der Waals surface area contributed by atoms with Gasteiger partial charge < -0.3 is 5.11 Å². The summed E-state index contributed by atoms with van der Waals surface area (Å²) in [6.45, 7) is 1.64. The highest BCUT2D eigenvalue weighted by atomic mass is 19.1. The molecule has 4 heteroatoms. The summed E-state index contributed by atoms with van der Waals surface area (Å²) in [5, 5.41) is 8.76. The van der Waals surface area contributed by atoms with E-state index < -0.39 is 23.5 Å². The van der Waals surface area contributed by atoms with Gasteiger partial charge in [-0.25, -0.2) is 8.78 Å². The molecule has 1 atom stereocenters. The Hall–Kier alpha value is -1.45. The van der Waals surface area contributed by atoms with Gasteiger partial charge in [-0.1, -0.05) is 13.0 Å². The summed E-state index contributed by atoms with van der Waals surface area (Å²) >= 11 is 0. The van der Waals surface area contributed by atoms with E-state index in [1.807, 2.05) is 0 Å². The van der Waals surface area contributed by atoms with Gasteiger partial charge in [-0.3, -0.25) is 4.79 Å². The fourth-order valence-electron chi connectivity index (χ4n) is 1.31. The molecule has 0 fully saturated rings. The number of rotatable bonds is 3. The largest absolute Gasteiger partial charge is 0.481 e. The van der Waals surface area contributed by atoms with Crippen LogP contribution in [0.15, 0.2) is 18.2 Å². The van der Waals surface area contributed by atoms with Crippen molar-refractivity contribution in [3.8, 4) is 0 Å². The van der Waals surface area contributed by atoms with Crippen molar-refractivity contribution < 1.29 is 18.7 Å². The van der Waals surface area contributed by atoms with Gasteiger partial charge in [0.15, 0.2) is 0 Å². The van der Waals surface area contributed by atoms with Crippen LogP contribution in [0.3, 0.4) is 0 Å². The van der Waals surface area contributed by atoms with Crippen molar-refractivity contribution in [2.24, 2.45) is 0 Å². The topological polar surface area (TPSA) is 37.3 Å². The van der Waals surface area contributed by atoms with Crippen LogP contribution in [0.1, 0.15) is 24.8 Å². The lowest BCUT2D eigenvalue weighted by Crippen LogP contribution is -2.12. The lowest BCUT2D eigenvalue weighted by Gasteiger charge is -2.10. The maximum Gasteiger partial charge on any atom is 0.311 e. The summed E-state index contributed by atoms with van der Waals surface area (Å²) in [7, 11) is 0. The van der Waals surface area contributed by atoms with Crippen molar-refractivity contribution in [1.82, 2.24) is 0 Å². The molecule has 1 rings (SSSR count). The number of aliphatic carboxylic acids is 1. The number of carboxylic acids is 1. The first-order valence-electron chi connectivity index (χ1n) is 4.24. The molecule has 0 saturated heterocycles. The van der Waals surface area contributed by atoms with Crippen LogP contribution in [0, 0.1) is 11.6 Å². The fourth-order valence-corrected chi connectivity index (χ4v) is 1.31. The monoisotopic (exact) mass is 200 g/mol. The van der Waals surface area contributed by atoms with E-state index >= 15 is 0 Å². The maximum absolute atomic E-state index is 13.1. The minimum absolute atomic E-state index is 0.0291. The molecule has 76 valence electrons. The molecule has 0 radical (unpaired) electrons. The Labute approximate surface area is 80.2 Å². The number of benzene rings is 1. The third-order valence-electron chi connectivity index (χ3n) is 2.04. The maximum atomic E-state index is 13.1. The molecule has 14 heavy (non-hydrogen) atoms. The van der Waals surface area contributed by atoms with Crippen LogP contribution >= 0.6 is 0 Å². The van der Waals surface area contributed by atoms with Gasteiger partial charge in [-0.05, 0) is 12.5 Å². The normalized spacial score (nSPS) is 12.5. The summed E-state index contributed by atoms with van der Waals surface area (Å²) in [6.07, 6.45) is 0.276.